The standard InChI is InChI=1S/C17H21NO/c1-3-11-18(17(19)16-9-10-16)13-14(2)12-15-7-5-4-6-8-15/h3-8,12,16H,1,9-11,13H2,2H3/b14-12+. The molecule has 0 atom stereocenters. The van der Waals surface area contributed by atoms with Gasteiger partial charge in [-0.05, 0) is 25.3 Å². The third-order valence-corrected chi connectivity index (χ3v) is 3.24. The van der Waals surface area contributed by atoms with E-state index in [4.69, 9.17) is 0 Å². The van der Waals surface area contributed by atoms with Crippen LogP contribution < -0.4 is 0 Å². The maximum absolute atomic E-state index is 12.1. The van der Waals surface area contributed by atoms with Crippen LogP contribution in [0.15, 0.2) is 48.6 Å². The summed E-state index contributed by atoms with van der Waals surface area (Å²) in [5.41, 5.74) is 2.37. The van der Waals surface area contributed by atoms with Crippen molar-refractivity contribution < 1.29 is 4.79 Å². The summed E-state index contributed by atoms with van der Waals surface area (Å²) in [5, 5.41) is 0. The van der Waals surface area contributed by atoms with Gasteiger partial charge in [0.1, 0.15) is 0 Å². The molecule has 0 aliphatic heterocycles. The Morgan fingerprint density at radius 1 is 1.37 bits per heavy atom. The topological polar surface area (TPSA) is 20.3 Å². The Hall–Kier alpha value is -1.83. The summed E-state index contributed by atoms with van der Waals surface area (Å²) in [6.45, 7) is 7.14. The molecule has 0 N–H and O–H groups in total. The monoisotopic (exact) mass is 255 g/mol. The Balaban J connectivity index is 2.01. The zero-order valence-corrected chi connectivity index (χ0v) is 11.5. The van der Waals surface area contributed by atoms with Gasteiger partial charge in [0.2, 0.25) is 5.91 Å². The first-order valence-electron chi connectivity index (χ1n) is 6.82. The first-order valence-corrected chi connectivity index (χ1v) is 6.82. The number of rotatable bonds is 6. The predicted molar refractivity (Wildman–Crippen MR) is 79.6 cm³/mol. The number of carbonyl (C=O) groups excluding carboxylic acids is 1. The summed E-state index contributed by atoms with van der Waals surface area (Å²) in [6, 6.07) is 10.2. The fourth-order valence-corrected chi connectivity index (χ4v) is 2.16. The van der Waals surface area contributed by atoms with Crippen molar-refractivity contribution in [2.45, 2.75) is 19.8 Å². The number of hydrogen-bond donors (Lipinski definition) is 0. The van der Waals surface area contributed by atoms with Crippen molar-refractivity contribution in [1.29, 1.82) is 0 Å². The minimum Gasteiger partial charge on any atom is -0.335 e. The van der Waals surface area contributed by atoms with Crippen molar-refractivity contribution in [1.82, 2.24) is 4.90 Å². The molecule has 2 heteroatoms. The van der Waals surface area contributed by atoms with Crippen LogP contribution in [0, 0.1) is 5.92 Å². The summed E-state index contributed by atoms with van der Waals surface area (Å²) < 4.78 is 0. The molecule has 1 aromatic carbocycles. The predicted octanol–water partition coefficient (Wildman–Crippen LogP) is 3.51. The van der Waals surface area contributed by atoms with Crippen LogP contribution in [-0.2, 0) is 4.79 Å². The molecule has 0 spiro atoms. The van der Waals surface area contributed by atoms with Crippen LogP contribution in [0.5, 0.6) is 0 Å². The van der Waals surface area contributed by atoms with Gasteiger partial charge in [-0.2, -0.15) is 0 Å². The highest BCUT2D eigenvalue weighted by Gasteiger charge is 2.32. The highest BCUT2D eigenvalue weighted by atomic mass is 16.2. The molecule has 2 nitrogen and oxygen atoms in total. The van der Waals surface area contributed by atoms with Crippen LogP contribution in [0.2, 0.25) is 0 Å². The van der Waals surface area contributed by atoms with Gasteiger partial charge in [-0.3, -0.25) is 4.79 Å². The van der Waals surface area contributed by atoms with Crippen LogP contribution in [0.1, 0.15) is 25.3 Å². The molecule has 0 saturated heterocycles. The maximum Gasteiger partial charge on any atom is 0.226 e. The van der Waals surface area contributed by atoms with Crippen LogP contribution in [0.4, 0.5) is 0 Å². The van der Waals surface area contributed by atoms with Crippen molar-refractivity contribution in [3.63, 3.8) is 0 Å². The summed E-state index contributed by atoms with van der Waals surface area (Å²) >= 11 is 0. The highest BCUT2D eigenvalue weighted by molar-refractivity contribution is 5.81. The van der Waals surface area contributed by atoms with E-state index in [0.29, 0.717) is 13.1 Å². The van der Waals surface area contributed by atoms with Crippen LogP contribution in [0.25, 0.3) is 6.08 Å². The lowest BCUT2D eigenvalue weighted by Crippen LogP contribution is -2.33. The molecule has 1 aromatic rings. The van der Waals surface area contributed by atoms with Crippen molar-refractivity contribution in [3.05, 3.63) is 54.1 Å². The quantitative estimate of drug-likeness (QED) is 0.712. The number of benzene rings is 1. The van der Waals surface area contributed by atoms with Gasteiger partial charge >= 0.3 is 0 Å². The highest BCUT2D eigenvalue weighted by Crippen LogP contribution is 2.31. The Labute approximate surface area is 115 Å². The lowest BCUT2D eigenvalue weighted by molar-refractivity contribution is -0.131. The van der Waals surface area contributed by atoms with Gasteiger partial charge in [0.15, 0.2) is 0 Å². The molecule has 1 aliphatic rings. The zero-order valence-electron chi connectivity index (χ0n) is 11.5. The van der Waals surface area contributed by atoms with Crippen LogP contribution in [0.3, 0.4) is 0 Å². The van der Waals surface area contributed by atoms with Gasteiger partial charge in [-0.1, -0.05) is 48.1 Å². The smallest absolute Gasteiger partial charge is 0.226 e. The second kappa shape index (κ2) is 6.37. The largest absolute Gasteiger partial charge is 0.335 e. The molecule has 1 saturated carbocycles. The normalized spacial score (nSPS) is 15.1. The average molecular weight is 255 g/mol. The first kappa shape index (κ1) is 13.6. The summed E-state index contributed by atoms with van der Waals surface area (Å²) in [6.07, 6.45) is 6.04. The molecule has 0 heterocycles. The lowest BCUT2D eigenvalue weighted by Gasteiger charge is -2.21. The van der Waals surface area contributed by atoms with E-state index < -0.39 is 0 Å². The zero-order chi connectivity index (χ0) is 13.7. The molecule has 1 amide bonds. The molecule has 0 bridgehead atoms. The Morgan fingerprint density at radius 2 is 2.05 bits per heavy atom. The maximum atomic E-state index is 12.1. The van der Waals surface area contributed by atoms with Crippen molar-refractivity contribution >= 4 is 12.0 Å². The van der Waals surface area contributed by atoms with Gasteiger partial charge in [0.25, 0.3) is 0 Å². The molecular weight excluding hydrogens is 234 g/mol. The van der Waals surface area contributed by atoms with E-state index in [9.17, 15) is 4.79 Å². The molecule has 2 rings (SSSR count). The van der Waals surface area contributed by atoms with Gasteiger partial charge in [-0.15, -0.1) is 6.58 Å². The van der Waals surface area contributed by atoms with E-state index in [1.54, 1.807) is 6.08 Å². The van der Waals surface area contributed by atoms with E-state index in [1.807, 2.05) is 23.1 Å². The molecule has 19 heavy (non-hydrogen) atoms. The van der Waals surface area contributed by atoms with Gasteiger partial charge < -0.3 is 4.90 Å². The fraction of sp³-hybridized carbons (Fsp3) is 0.353. The number of hydrogen-bond acceptors (Lipinski definition) is 1. The van der Waals surface area contributed by atoms with E-state index in [1.165, 1.54) is 11.1 Å². The van der Waals surface area contributed by atoms with Crippen molar-refractivity contribution in [3.8, 4) is 0 Å². The number of nitrogens with zero attached hydrogens (tertiary/aromatic N) is 1. The number of carbonyl (C=O) groups is 1. The van der Waals surface area contributed by atoms with Gasteiger partial charge in [0.05, 0.1) is 0 Å². The molecule has 0 unspecified atom stereocenters. The third-order valence-electron chi connectivity index (χ3n) is 3.24. The van der Waals surface area contributed by atoms with Crippen molar-refractivity contribution in [2.75, 3.05) is 13.1 Å². The number of amides is 1. The first-order chi connectivity index (χ1) is 9.20. The SMILES string of the molecule is C=CCN(C/C(C)=C/c1ccccc1)C(=O)C1CC1. The van der Waals surface area contributed by atoms with Gasteiger partial charge in [0, 0.05) is 19.0 Å². The molecule has 0 radical (unpaired) electrons. The molecule has 0 aromatic heterocycles. The minimum atomic E-state index is 0.268. The molecular formula is C17H21NO. The average Bonchev–Trinajstić information content (AvgIpc) is 3.23. The molecule has 1 aliphatic carbocycles. The Kier molecular flexibility index (Phi) is 4.56. The van der Waals surface area contributed by atoms with Crippen LogP contribution >= 0.6 is 0 Å². The van der Waals surface area contributed by atoms with Crippen molar-refractivity contribution in [2.24, 2.45) is 5.92 Å². The third kappa shape index (κ3) is 4.09. The molecule has 100 valence electrons. The van der Waals surface area contributed by atoms with Gasteiger partial charge in [-0.25, -0.2) is 0 Å². The molecule has 1 fully saturated rings. The van der Waals surface area contributed by atoms with E-state index in [2.05, 4.69) is 31.7 Å². The Morgan fingerprint density at radius 3 is 2.63 bits per heavy atom. The van der Waals surface area contributed by atoms with E-state index >= 15 is 0 Å². The van der Waals surface area contributed by atoms with E-state index in [-0.39, 0.29) is 11.8 Å². The van der Waals surface area contributed by atoms with E-state index in [0.717, 1.165) is 12.8 Å². The second-order valence-corrected chi connectivity index (χ2v) is 5.18. The second-order valence-electron chi connectivity index (χ2n) is 5.18. The summed E-state index contributed by atoms with van der Waals surface area (Å²) in [4.78, 5) is 14.0. The summed E-state index contributed by atoms with van der Waals surface area (Å²) in [7, 11) is 0. The lowest BCUT2D eigenvalue weighted by atomic mass is 10.1. The van der Waals surface area contributed by atoms with Crippen LogP contribution in [-0.4, -0.2) is 23.9 Å². The Bertz CT molecular complexity index is 471. The fourth-order valence-electron chi connectivity index (χ4n) is 2.16. The summed E-state index contributed by atoms with van der Waals surface area (Å²) in [5.74, 6) is 0.546. The minimum absolute atomic E-state index is 0.268.